The highest BCUT2D eigenvalue weighted by atomic mass is 32.1. The van der Waals surface area contributed by atoms with Crippen LogP contribution in [-0.4, -0.2) is 39.7 Å². The van der Waals surface area contributed by atoms with Gasteiger partial charge >= 0.3 is 0 Å². The molecule has 0 saturated heterocycles. The number of fused-ring (bicyclic) bond motifs is 1. The van der Waals surface area contributed by atoms with Gasteiger partial charge in [0.05, 0.1) is 13.2 Å². The maximum atomic E-state index is 12.9. The van der Waals surface area contributed by atoms with Gasteiger partial charge in [-0.05, 0) is 60.5 Å². The van der Waals surface area contributed by atoms with Gasteiger partial charge in [-0.2, -0.15) is 5.10 Å². The number of H-pyrrole nitrogens is 1. The first kappa shape index (κ1) is 19.4. The van der Waals surface area contributed by atoms with Crippen molar-refractivity contribution in [1.29, 1.82) is 0 Å². The van der Waals surface area contributed by atoms with Gasteiger partial charge in [-0.25, -0.2) is 0 Å². The van der Waals surface area contributed by atoms with E-state index in [0.29, 0.717) is 17.7 Å². The molecule has 1 aromatic heterocycles. The average molecular weight is 409 g/mol. The monoisotopic (exact) mass is 408 g/mol. The van der Waals surface area contributed by atoms with Crippen LogP contribution in [-0.2, 0) is 17.8 Å². The fourth-order valence-corrected chi connectivity index (χ4v) is 4.20. The van der Waals surface area contributed by atoms with Crippen molar-refractivity contribution in [2.75, 3.05) is 14.2 Å². The molecule has 150 valence electrons. The molecule has 1 heterocycles. The van der Waals surface area contributed by atoms with E-state index in [1.54, 1.807) is 7.11 Å². The third-order valence-corrected chi connectivity index (χ3v) is 5.93. The summed E-state index contributed by atoms with van der Waals surface area (Å²) in [5.41, 5.74) is 3.53. The summed E-state index contributed by atoms with van der Waals surface area (Å²) in [5, 5.41) is 7.20. The molecular formula is C22H24N4O2S. The number of ether oxygens (including phenoxy) is 1. The molecule has 1 amide bonds. The van der Waals surface area contributed by atoms with Gasteiger partial charge in [-0.3, -0.25) is 14.5 Å². The highest BCUT2D eigenvalue weighted by Gasteiger charge is 2.28. The Morgan fingerprint density at radius 3 is 2.79 bits per heavy atom. The van der Waals surface area contributed by atoms with E-state index >= 15 is 0 Å². The number of hydrogen-bond acceptors (Lipinski definition) is 4. The van der Waals surface area contributed by atoms with Crippen molar-refractivity contribution in [1.82, 2.24) is 19.7 Å². The Morgan fingerprint density at radius 2 is 2.03 bits per heavy atom. The van der Waals surface area contributed by atoms with Gasteiger partial charge in [0, 0.05) is 25.6 Å². The number of nitrogens with one attached hydrogen (secondary N) is 1. The summed E-state index contributed by atoms with van der Waals surface area (Å²) in [7, 11) is 3.53. The molecule has 0 fully saturated rings. The van der Waals surface area contributed by atoms with Crippen LogP contribution in [0.2, 0.25) is 0 Å². The minimum Gasteiger partial charge on any atom is -0.497 e. The Balaban J connectivity index is 1.47. The van der Waals surface area contributed by atoms with E-state index in [1.807, 2.05) is 46.8 Å². The Morgan fingerprint density at radius 1 is 1.28 bits per heavy atom. The molecule has 0 bridgehead atoms. The van der Waals surface area contributed by atoms with Gasteiger partial charge in [0.25, 0.3) is 0 Å². The first-order valence-electron chi connectivity index (χ1n) is 9.71. The zero-order valence-electron chi connectivity index (χ0n) is 16.6. The molecule has 29 heavy (non-hydrogen) atoms. The van der Waals surface area contributed by atoms with Gasteiger partial charge in [0.15, 0.2) is 10.6 Å². The van der Waals surface area contributed by atoms with Crippen molar-refractivity contribution >= 4 is 18.1 Å². The second-order valence-corrected chi connectivity index (χ2v) is 7.63. The van der Waals surface area contributed by atoms with Crippen LogP contribution < -0.4 is 4.74 Å². The molecule has 4 rings (SSSR count). The summed E-state index contributed by atoms with van der Waals surface area (Å²) in [5.74, 6) is 1.61. The molecule has 1 unspecified atom stereocenters. The molecular weight excluding hydrogens is 384 g/mol. The zero-order chi connectivity index (χ0) is 20.4. The van der Waals surface area contributed by atoms with Crippen molar-refractivity contribution in [3.63, 3.8) is 0 Å². The van der Waals surface area contributed by atoms with Crippen molar-refractivity contribution in [2.45, 2.75) is 31.8 Å². The summed E-state index contributed by atoms with van der Waals surface area (Å²) in [6, 6.07) is 16.2. The fraction of sp³-hybridized carbons (Fsp3) is 0.318. The topological polar surface area (TPSA) is 63.1 Å². The lowest BCUT2D eigenvalue weighted by atomic mass is 10.1. The Bertz CT molecular complexity index is 1070. The van der Waals surface area contributed by atoms with Crippen molar-refractivity contribution in [3.8, 4) is 17.1 Å². The third kappa shape index (κ3) is 3.82. The van der Waals surface area contributed by atoms with Crippen molar-refractivity contribution in [2.24, 2.45) is 0 Å². The fourth-order valence-electron chi connectivity index (χ4n) is 3.98. The molecule has 3 aromatic rings. The van der Waals surface area contributed by atoms with Crippen LogP contribution in [0.25, 0.3) is 11.4 Å². The molecule has 0 saturated carbocycles. The maximum Gasteiger partial charge on any atom is 0.224 e. The van der Waals surface area contributed by atoms with Crippen LogP contribution >= 0.6 is 12.2 Å². The van der Waals surface area contributed by atoms with Crippen molar-refractivity contribution < 1.29 is 9.53 Å². The molecule has 1 N–H and O–H groups in total. The van der Waals surface area contributed by atoms with E-state index < -0.39 is 0 Å². The molecule has 1 aliphatic carbocycles. The lowest BCUT2D eigenvalue weighted by Crippen LogP contribution is -2.30. The van der Waals surface area contributed by atoms with Gasteiger partial charge in [0.2, 0.25) is 5.91 Å². The van der Waals surface area contributed by atoms with E-state index in [4.69, 9.17) is 17.0 Å². The zero-order valence-corrected chi connectivity index (χ0v) is 17.4. The SMILES string of the molecule is COc1ccc(-c2n[nH]c(=S)n2CCC(=O)N(C)C2CCc3ccccc32)cc1. The number of hydrogen-bond donors (Lipinski definition) is 1. The van der Waals surface area contributed by atoms with E-state index in [-0.39, 0.29) is 11.9 Å². The summed E-state index contributed by atoms with van der Waals surface area (Å²) >= 11 is 5.39. The first-order chi connectivity index (χ1) is 14.1. The molecule has 7 heteroatoms. The van der Waals surface area contributed by atoms with E-state index in [0.717, 1.165) is 30.0 Å². The molecule has 2 aromatic carbocycles. The van der Waals surface area contributed by atoms with Crippen LogP contribution in [0, 0.1) is 4.77 Å². The number of amides is 1. The van der Waals surface area contributed by atoms with Gasteiger partial charge in [0.1, 0.15) is 5.75 Å². The number of carbonyl (C=O) groups is 1. The van der Waals surface area contributed by atoms with Crippen molar-refractivity contribution in [3.05, 3.63) is 64.4 Å². The van der Waals surface area contributed by atoms with Gasteiger partial charge in [-0.1, -0.05) is 24.3 Å². The lowest BCUT2D eigenvalue weighted by Gasteiger charge is -2.25. The number of rotatable bonds is 6. The number of aromatic amines is 1. The maximum absolute atomic E-state index is 12.9. The Kier molecular flexibility index (Phi) is 5.49. The number of nitrogens with zero attached hydrogens (tertiary/aromatic N) is 3. The predicted octanol–water partition coefficient (Wildman–Crippen LogP) is 4.15. The molecule has 6 nitrogen and oxygen atoms in total. The summed E-state index contributed by atoms with van der Waals surface area (Å²) in [6.07, 6.45) is 2.36. The predicted molar refractivity (Wildman–Crippen MR) is 114 cm³/mol. The van der Waals surface area contributed by atoms with Gasteiger partial charge < -0.3 is 9.64 Å². The molecule has 1 atom stereocenters. The molecule has 0 radical (unpaired) electrons. The lowest BCUT2D eigenvalue weighted by molar-refractivity contribution is -0.132. The second-order valence-electron chi connectivity index (χ2n) is 7.24. The van der Waals surface area contributed by atoms with E-state index in [2.05, 4.69) is 28.4 Å². The number of methoxy groups -OCH3 is 1. The average Bonchev–Trinajstić information content (AvgIpc) is 3.35. The van der Waals surface area contributed by atoms with Crippen LogP contribution in [0.1, 0.15) is 30.0 Å². The molecule has 1 aliphatic rings. The minimum absolute atomic E-state index is 0.107. The van der Waals surface area contributed by atoms with Crippen LogP contribution in [0.15, 0.2) is 48.5 Å². The molecule has 0 aliphatic heterocycles. The normalized spacial score (nSPS) is 15.2. The largest absolute Gasteiger partial charge is 0.497 e. The molecule has 0 spiro atoms. The van der Waals surface area contributed by atoms with E-state index in [1.165, 1.54) is 11.1 Å². The summed E-state index contributed by atoms with van der Waals surface area (Å²) < 4.78 is 7.61. The number of aryl methyl sites for hydroxylation is 1. The van der Waals surface area contributed by atoms with Crippen LogP contribution in [0.3, 0.4) is 0 Å². The highest BCUT2D eigenvalue weighted by Crippen LogP contribution is 2.35. The standard InChI is InChI=1S/C22H24N4O2S/c1-25(19-12-9-15-5-3-4-6-18(15)19)20(27)13-14-26-21(23-24-22(26)29)16-7-10-17(28-2)11-8-16/h3-8,10-11,19H,9,12-14H2,1-2H3,(H,24,29). The van der Waals surface area contributed by atoms with E-state index in [9.17, 15) is 4.79 Å². The Labute approximate surface area is 175 Å². The van der Waals surface area contributed by atoms with Crippen LogP contribution in [0.4, 0.5) is 0 Å². The number of aromatic nitrogens is 3. The highest BCUT2D eigenvalue weighted by molar-refractivity contribution is 7.71. The minimum atomic E-state index is 0.107. The second kappa shape index (κ2) is 8.21. The summed E-state index contributed by atoms with van der Waals surface area (Å²) in [6.45, 7) is 0.480. The van der Waals surface area contributed by atoms with Crippen LogP contribution in [0.5, 0.6) is 5.75 Å². The first-order valence-corrected chi connectivity index (χ1v) is 10.1. The summed E-state index contributed by atoms with van der Waals surface area (Å²) in [4.78, 5) is 14.8. The smallest absolute Gasteiger partial charge is 0.224 e. The number of benzene rings is 2. The Hall–Kier alpha value is -2.93. The quantitative estimate of drug-likeness (QED) is 0.623. The van der Waals surface area contributed by atoms with Gasteiger partial charge in [-0.15, -0.1) is 0 Å². The third-order valence-electron chi connectivity index (χ3n) is 5.62. The number of carbonyl (C=O) groups excluding carboxylic acids is 1.